The molecule has 1 atom stereocenters. The number of nitrogens with zero attached hydrogens (tertiary/aromatic N) is 2. The fraction of sp³-hybridized carbons (Fsp3) is 0.207. The van der Waals surface area contributed by atoms with Crippen LogP contribution in [0.1, 0.15) is 45.2 Å². The lowest BCUT2D eigenvalue weighted by molar-refractivity contribution is -0.149. The number of rotatable bonds is 9. The number of aryl methyl sites for hydroxylation is 1. The van der Waals surface area contributed by atoms with Crippen LogP contribution in [0.15, 0.2) is 72.9 Å². The van der Waals surface area contributed by atoms with Crippen LogP contribution >= 0.6 is 0 Å². The van der Waals surface area contributed by atoms with Gasteiger partial charge in [0.15, 0.2) is 11.9 Å². The molecule has 35 heavy (non-hydrogen) atoms. The molecule has 2 heterocycles. The molecule has 0 radical (unpaired) electrons. The van der Waals surface area contributed by atoms with Crippen molar-refractivity contribution in [1.29, 1.82) is 0 Å². The highest BCUT2D eigenvalue weighted by molar-refractivity contribution is 6.17. The van der Waals surface area contributed by atoms with E-state index in [0.29, 0.717) is 17.7 Å². The van der Waals surface area contributed by atoms with Crippen molar-refractivity contribution in [2.75, 3.05) is 0 Å². The molecule has 0 amide bonds. The molecule has 0 aliphatic carbocycles. The molecule has 2 aromatic carbocycles. The van der Waals surface area contributed by atoms with Gasteiger partial charge >= 0.3 is 5.97 Å². The predicted molar refractivity (Wildman–Crippen MR) is 136 cm³/mol. The summed E-state index contributed by atoms with van der Waals surface area (Å²) in [4.78, 5) is 28.8. The minimum absolute atomic E-state index is 0.00162. The lowest BCUT2D eigenvalue weighted by atomic mass is 10.0. The topological polar surface area (TPSA) is 81.4 Å². The molecule has 4 aromatic rings. The Labute approximate surface area is 204 Å². The van der Waals surface area contributed by atoms with E-state index in [0.717, 1.165) is 33.4 Å². The highest BCUT2D eigenvalue weighted by Crippen LogP contribution is 2.27. The maximum atomic E-state index is 13.4. The average Bonchev–Trinajstić information content (AvgIpc) is 3.14. The van der Waals surface area contributed by atoms with Gasteiger partial charge in [-0.15, -0.1) is 0 Å². The van der Waals surface area contributed by atoms with Gasteiger partial charge in [-0.2, -0.15) is 0 Å². The van der Waals surface area contributed by atoms with Crippen LogP contribution in [0.5, 0.6) is 0 Å². The number of pyridine rings is 1. The second kappa shape index (κ2) is 10.5. The number of carboxylic acids is 1. The number of ether oxygens (including phenoxy) is 1. The van der Waals surface area contributed by atoms with E-state index in [2.05, 4.69) is 9.55 Å². The van der Waals surface area contributed by atoms with Gasteiger partial charge in [0, 0.05) is 29.4 Å². The van der Waals surface area contributed by atoms with Crippen LogP contribution < -0.4 is 0 Å². The number of carboxylic acid groups (broad SMARTS) is 1. The molecule has 4 rings (SSSR count). The van der Waals surface area contributed by atoms with Crippen LogP contribution in [0.4, 0.5) is 0 Å². The quantitative estimate of drug-likeness (QED) is 0.324. The van der Waals surface area contributed by atoms with E-state index >= 15 is 0 Å². The Balaban J connectivity index is 1.53. The summed E-state index contributed by atoms with van der Waals surface area (Å²) in [5.41, 5.74) is 6.05. The van der Waals surface area contributed by atoms with E-state index in [4.69, 9.17) is 9.84 Å². The number of hydrogen-bond acceptors (Lipinski definition) is 4. The summed E-state index contributed by atoms with van der Waals surface area (Å²) < 4.78 is 7.38. The summed E-state index contributed by atoms with van der Waals surface area (Å²) >= 11 is 0. The van der Waals surface area contributed by atoms with Gasteiger partial charge in [0.2, 0.25) is 0 Å². The number of fused-ring (bicyclic) bond motifs is 1. The maximum Gasteiger partial charge on any atom is 0.332 e. The summed E-state index contributed by atoms with van der Waals surface area (Å²) in [5, 5.41) is 9.77. The van der Waals surface area contributed by atoms with Crippen molar-refractivity contribution in [3.8, 4) is 0 Å². The minimum Gasteiger partial charge on any atom is -0.479 e. The zero-order valence-electron chi connectivity index (χ0n) is 20.1. The van der Waals surface area contributed by atoms with Gasteiger partial charge in [-0.1, -0.05) is 66.2 Å². The normalized spacial score (nSPS) is 12.3. The summed E-state index contributed by atoms with van der Waals surface area (Å²) in [7, 11) is 0. The van der Waals surface area contributed by atoms with E-state index in [1.54, 1.807) is 6.20 Å². The largest absolute Gasteiger partial charge is 0.479 e. The Morgan fingerprint density at radius 3 is 2.46 bits per heavy atom. The molecule has 0 spiro atoms. The Morgan fingerprint density at radius 2 is 1.77 bits per heavy atom. The highest BCUT2D eigenvalue weighted by atomic mass is 16.5. The molecule has 6 heteroatoms. The fourth-order valence-electron chi connectivity index (χ4n) is 3.97. The molecule has 0 unspecified atom stereocenters. The SMILES string of the molecule is Cc1ccc(C(=O)c2c(C)n(C/C=C/c3ccc(CO[C@H](C)C(=O)O)cc3)c3ncccc23)cc1. The Morgan fingerprint density at radius 1 is 1.06 bits per heavy atom. The molecule has 1 N–H and O–H groups in total. The van der Waals surface area contributed by atoms with Crippen LogP contribution in [0.2, 0.25) is 0 Å². The lowest BCUT2D eigenvalue weighted by Gasteiger charge is -2.08. The number of carbonyl (C=O) groups excluding carboxylic acids is 1. The summed E-state index contributed by atoms with van der Waals surface area (Å²) in [6.45, 7) is 6.30. The average molecular weight is 469 g/mol. The van der Waals surface area contributed by atoms with Gasteiger partial charge in [-0.05, 0) is 44.0 Å². The standard InChI is InChI=1S/C29H28N2O4/c1-19-8-14-24(15-9-19)27(32)26-20(2)31(28-25(26)7-4-16-30-28)17-5-6-22-10-12-23(13-11-22)18-35-21(3)29(33)34/h4-16,21H,17-18H2,1-3H3,(H,33,34)/b6-5+/t21-/m1/s1. The zero-order chi connectivity index (χ0) is 24.9. The van der Waals surface area contributed by atoms with Crippen molar-refractivity contribution in [1.82, 2.24) is 9.55 Å². The van der Waals surface area contributed by atoms with Gasteiger partial charge in [-0.25, -0.2) is 9.78 Å². The number of benzene rings is 2. The van der Waals surface area contributed by atoms with Crippen LogP contribution in [0, 0.1) is 13.8 Å². The van der Waals surface area contributed by atoms with Crippen LogP contribution in [0.3, 0.4) is 0 Å². The van der Waals surface area contributed by atoms with E-state index < -0.39 is 12.1 Å². The number of allylic oxidation sites excluding steroid dienone is 1. The molecule has 0 aliphatic rings. The molecule has 178 valence electrons. The minimum atomic E-state index is -0.976. The molecule has 0 saturated carbocycles. The van der Waals surface area contributed by atoms with Crippen molar-refractivity contribution in [3.63, 3.8) is 0 Å². The predicted octanol–water partition coefficient (Wildman–Crippen LogP) is 5.59. The van der Waals surface area contributed by atoms with Crippen molar-refractivity contribution in [2.24, 2.45) is 0 Å². The lowest BCUT2D eigenvalue weighted by Crippen LogP contribution is -2.19. The molecule has 0 fully saturated rings. The van der Waals surface area contributed by atoms with Crippen molar-refractivity contribution >= 4 is 28.9 Å². The van der Waals surface area contributed by atoms with Gasteiger partial charge in [0.25, 0.3) is 0 Å². The van der Waals surface area contributed by atoms with E-state index in [1.165, 1.54) is 6.92 Å². The second-order valence-electron chi connectivity index (χ2n) is 8.58. The molecule has 0 saturated heterocycles. The first-order valence-corrected chi connectivity index (χ1v) is 11.5. The van der Waals surface area contributed by atoms with E-state index in [-0.39, 0.29) is 12.4 Å². The molecule has 0 bridgehead atoms. The maximum absolute atomic E-state index is 13.4. The van der Waals surface area contributed by atoms with Crippen molar-refractivity contribution in [3.05, 3.63) is 106 Å². The second-order valence-corrected chi connectivity index (χ2v) is 8.58. The van der Waals surface area contributed by atoms with Gasteiger partial charge < -0.3 is 14.4 Å². The van der Waals surface area contributed by atoms with Crippen LogP contribution in [-0.4, -0.2) is 32.5 Å². The molecular weight excluding hydrogens is 440 g/mol. The highest BCUT2D eigenvalue weighted by Gasteiger charge is 2.21. The van der Waals surface area contributed by atoms with Crippen molar-refractivity contribution < 1.29 is 19.4 Å². The Kier molecular flexibility index (Phi) is 7.22. The molecular formula is C29H28N2O4. The fourth-order valence-corrected chi connectivity index (χ4v) is 3.97. The number of carbonyl (C=O) groups is 2. The first-order chi connectivity index (χ1) is 16.8. The third-order valence-electron chi connectivity index (χ3n) is 6.04. The molecule has 6 nitrogen and oxygen atoms in total. The van der Waals surface area contributed by atoms with E-state index in [9.17, 15) is 9.59 Å². The Bertz CT molecular complexity index is 1380. The van der Waals surface area contributed by atoms with Crippen LogP contribution in [-0.2, 0) is 22.7 Å². The zero-order valence-corrected chi connectivity index (χ0v) is 20.1. The first kappa shape index (κ1) is 24.1. The third-order valence-corrected chi connectivity index (χ3v) is 6.04. The van der Waals surface area contributed by atoms with Gasteiger partial charge in [0.1, 0.15) is 5.65 Å². The number of aliphatic carboxylic acids is 1. The van der Waals surface area contributed by atoms with Crippen LogP contribution in [0.25, 0.3) is 17.1 Å². The van der Waals surface area contributed by atoms with Gasteiger partial charge in [-0.3, -0.25) is 4.79 Å². The third kappa shape index (κ3) is 5.39. The number of aromatic nitrogens is 2. The van der Waals surface area contributed by atoms with E-state index in [1.807, 2.05) is 86.7 Å². The molecule has 2 aromatic heterocycles. The molecule has 0 aliphatic heterocycles. The summed E-state index contributed by atoms with van der Waals surface area (Å²) in [5.74, 6) is -0.978. The number of ketones is 1. The summed E-state index contributed by atoms with van der Waals surface area (Å²) in [6.07, 6.45) is 4.96. The monoisotopic (exact) mass is 468 g/mol. The summed E-state index contributed by atoms with van der Waals surface area (Å²) in [6, 6.07) is 19.2. The Hall–Kier alpha value is -4.03. The van der Waals surface area contributed by atoms with Gasteiger partial charge in [0.05, 0.1) is 12.2 Å². The van der Waals surface area contributed by atoms with Crippen molar-refractivity contribution in [2.45, 2.75) is 40.0 Å². The number of hydrogen-bond donors (Lipinski definition) is 1. The first-order valence-electron chi connectivity index (χ1n) is 11.5. The smallest absolute Gasteiger partial charge is 0.332 e.